The van der Waals surface area contributed by atoms with Crippen molar-refractivity contribution in [3.63, 3.8) is 0 Å². The Hall–Kier alpha value is -3.84. The van der Waals surface area contributed by atoms with Crippen molar-refractivity contribution in [1.82, 2.24) is 9.55 Å². The van der Waals surface area contributed by atoms with Gasteiger partial charge in [0.2, 0.25) is 5.91 Å². The summed E-state index contributed by atoms with van der Waals surface area (Å²) in [6.07, 6.45) is -0.367. The van der Waals surface area contributed by atoms with E-state index in [4.69, 9.17) is 14.5 Å². The lowest BCUT2D eigenvalue weighted by atomic mass is 10.1. The first-order valence-corrected chi connectivity index (χ1v) is 11.8. The van der Waals surface area contributed by atoms with E-state index in [1.54, 1.807) is 7.11 Å². The Morgan fingerprint density at radius 1 is 1.06 bits per heavy atom. The minimum Gasteiger partial charge on any atom is -0.497 e. The van der Waals surface area contributed by atoms with Crippen molar-refractivity contribution in [1.29, 1.82) is 0 Å². The second-order valence-electron chi connectivity index (χ2n) is 8.95. The monoisotopic (exact) mass is 471 g/mol. The molecule has 1 aliphatic rings. The molecule has 7 heteroatoms. The van der Waals surface area contributed by atoms with Crippen molar-refractivity contribution >= 4 is 22.6 Å². The normalized spacial score (nSPS) is 16.6. The molecule has 180 valence electrons. The van der Waals surface area contributed by atoms with E-state index in [1.165, 1.54) is 0 Å². The highest BCUT2D eigenvalue weighted by atomic mass is 16.5. The number of ether oxygens (including phenoxy) is 2. The number of hydrogen-bond acceptors (Lipinski definition) is 5. The fourth-order valence-corrected chi connectivity index (χ4v) is 4.65. The maximum atomic E-state index is 12.9. The second kappa shape index (κ2) is 9.80. The van der Waals surface area contributed by atoms with E-state index in [1.807, 2.05) is 89.2 Å². The standard InChI is InChI=1S/C28H29N3O4/c1-19-6-5-7-21(14-19)30-16-20(15-27(30)33)28-29-25-8-3-4-9-26(25)31(28)17-22(32)18-35-24-12-10-23(34-2)11-13-24/h3-14,20,22,32H,15-18H2,1-2H3. The number of methoxy groups -OCH3 is 1. The van der Waals surface area contributed by atoms with Gasteiger partial charge in [0.15, 0.2) is 0 Å². The van der Waals surface area contributed by atoms with Crippen molar-refractivity contribution in [2.24, 2.45) is 0 Å². The number of aliphatic hydroxyl groups excluding tert-OH is 1. The number of carbonyl (C=O) groups excluding carboxylic acids is 1. The highest BCUT2D eigenvalue weighted by Gasteiger charge is 2.35. The Bertz CT molecular complexity index is 1330. The van der Waals surface area contributed by atoms with Crippen molar-refractivity contribution in [3.8, 4) is 11.5 Å². The van der Waals surface area contributed by atoms with E-state index in [0.29, 0.717) is 25.3 Å². The molecule has 0 radical (unpaired) electrons. The van der Waals surface area contributed by atoms with Crippen LogP contribution in [0.5, 0.6) is 11.5 Å². The Balaban J connectivity index is 1.36. The number of imidazole rings is 1. The van der Waals surface area contributed by atoms with Crippen LogP contribution in [-0.4, -0.2) is 46.9 Å². The zero-order valence-electron chi connectivity index (χ0n) is 19.9. The summed E-state index contributed by atoms with van der Waals surface area (Å²) in [5.74, 6) is 2.25. The summed E-state index contributed by atoms with van der Waals surface area (Å²) in [5.41, 5.74) is 3.82. The summed E-state index contributed by atoms with van der Waals surface area (Å²) < 4.78 is 13.0. The van der Waals surface area contributed by atoms with Crippen LogP contribution in [0.1, 0.15) is 23.7 Å². The van der Waals surface area contributed by atoms with Crippen molar-refractivity contribution in [3.05, 3.63) is 84.2 Å². The fourth-order valence-electron chi connectivity index (χ4n) is 4.65. The van der Waals surface area contributed by atoms with E-state index in [2.05, 4.69) is 0 Å². The molecule has 1 saturated heterocycles. The number of anilines is 1. The maximum Gasteiger partial charge on any atom is 0.227 e. The van der Waals surface area contributed by atoms with Gasteiger partial charge in [0.05, 0.1) is 24.7 Å². The lowest BCUT2D eigenvalue weighted by Gasteiger charge is -2.19. The summed E-state index contributed by atoms with van der Waals surface area (Å²) >= 11 is 0. The summed E-state index contributed by atoms with van der Waals surface area (Å²) in [4.78, 5) is 19.7. The van der Waals surface area contributed by atoms with Crippen LogP contribution in [0.3, 0.4) is 0 Å². The summed E-state index contributed by atoms with van der Waals surface area (Å²) in [6.45, 7) is 3.04. The maximum absolute atomic E-state index is 12.9. The Morgan fingerprint density at radius 3 is 2.60 bits per heavy atom. The highest BCUT2D eigenvalue weighted by Crippen LogP contribution is 2.33. The highest BCUT2D eigenvalue weighted by molar-refractivity contribution is 5.96. The predicted molar refractivity (Wildman–Crippen MR) is 135 cm³/mol. The molecule has 4 aromatic rings. The number of fused-ring (bicyclic) bond motifs is 1. The van der Waals surface area contributed by atoms with Crippen LogP contribution < -0.4 is 14.4 Å². The van der Waals surface area contributed by atoms with Crippen LogP contribution in [-0.2, 0) is 11.3 Å². The summed E-state index contributed by atoms with van der Waals surface area (Å²) in [7, 11) is 1.62. The van der Waals surface area contributed by atoms with Gasteiger partial charge in [-0.1, -0.05) is 24.3 Å². The van der Waals surface area contributed by atoms with Crippen molar-refractivity contribution < 1.29 is 19.4 Å². The Kier molecular flexibility index (Phi) is 6.42. The number of aryl methyl sites for hydroxylation is 1. The molecule has 0 saturated carbocycles. The molecule has 1 aliphatic heterocycles. The molecule has 2 heterocycles. The number of nitrogens with zero attached hydrogens (tertiary/aromatic N) is 3. The van der Waals surface area contributed by atoms with Crippen LogP contribution in [0.15, 0.2) is 72.8 Å². The molecule has 2 atom stereocenters. The van der Waals surface area contributed by atoms with Gasteiger partial charge in [-0.05, 0) is 61.0 Å². The number of aliphatic hydroxyl groups is 1. The Morgan fingerprint density at radius 2 is 1.83 bits per heavy atom. The molecule has 0 bridgehead atoms. The third-order valence-electron chi connectivity index (χ3n) is 6.38. The molecule has 1 amide bonds. The first-order chi connectivity index (χ1) is 17.0. The van der Waals surface area contributed by atoms with Crippen LogP contribution in [0.2, 0.25) is 0 Å². The third-order valence-corrected chi connectivity index (χ3v) is 6.38. The lowest BCUT2D eigenvalue weighted by Crippen LogP contribution is -2.26. The molecule has 7 nitrogen and oxygen atoms in total. The molecule has 3 aromatic carbocycles. The zero-order valence-corrected chi connectivity index (χ0v) is 19.9. The molecule has 0 aliphatic carbocycles. The quantitative estimate of drug-likeness (QED) is 0.414. The fraction of sp³-hybridized carbons (Fsp3) is 0.286. The van der Waals surface area contributed by atoms with Gasteiger partial charge < -0.3 is 24.0 Å². The SMILES string of the molecule is COc1ccc(OCC(O)Cn2c(C3CC(=O)N(c4cccc(C)c4)C3)nc3ccccc32)cc1. The van der Waals surface area contributed by atoms with Gasteiger partial charge in [-0.25, -0.2) is 4.98 Å². The number of hydrogen-bond donors (Lipinski definition) is 1. The molecule has 1 N–H and O–H groups in total. The lowest BCUT2D eigenvalue weighted by molar-refractivity contribution is -0.117. The molecule has 1 fully saturated rings. The molecular weight excluding hydrogens is 442 g/mol. The van der Waals surface area contributed by atoms with Crippen LogP contribution in [0.25, 0.3) is 11.0 Å². The van der Waals surface area contributed by atoms with Gasteiger partial charge in [-0.3, -0.25) is 4.79 Å². The molecule has 1 aromatic heterocycles. The van der Waals surface area contributed by atoms with Gasteiger partial charge in [-0.15, -0.1) is 0 Å². The number of benzene rings is 3. The van der Waals surface area contributed by atoms with Crippen LogP contribution in [0, 0.1) is 6.92 Å². The first-order valence-electron chi connectivity index (χ1n) is 11.8. The molecule has 35 heavy (non-hydrogen) atoms. The second-order valence-corrected chi connectivity index (χ2v) is 8.95. The zero-order chi connectivity index (χ0) is 24.4. The Labute approximate surface area is 204 Å². The van der Waals surface area contributed by atoms with E-state index in [9.17, 15) is 9.90 Å². The largest absolute Gasteiger partial charge is 0.497 e. The average molecular weight is 472 g/mol. The van der Waals surface area contributed by atoms with E-state index < -0.39 is 6.10 Å². The number of carbonyl (C=O) groups is 1. The molecule has 0 spiro atoms. The van der Waals surface area contributed by atoms with Gasteiger partial charge in [0.25, 0.3) is 0 Å². The number of para-hydroxylation sites is 2. The van der Waals surface area contributed by atoms with Crippen LogP contribution in [0.4, 0.5) is 5.69 Å². The van der Waals surface area contributed by atoms with Gasteiger partial charge in [0.1, 0.15) is 30.0 Å². The van der Waals surface area contributed by atoms with Gasteiger partial charge in [-0.2, -0.15) is 0 Å². The van der Waals surface area contributed by atoms with E-state index in [0.717, 1.165) is 33.9 Å². The number of amides is 1. The molecule has 2 unspecified atom stereocenters. The minimum atomic E-state index is -0.751. The first kappa shape index (κ1) is 22.9. The average Bonchev–Trinajstić information content (AvgIpc) is 3.43. The molecule has 5 rings (SSSR count). The number of rotatable bonds is 8. The minimum absolute atomic E-state index is 0.0647. The smallest absolute Gasteiger partial charge is 0.227 e. The predicted octanol–water partition coefficient (Wildman–Crippen LogP) is 4.31. The van der Waals surface area contributed by atoms with E-state index >= 15 is 0 Å². The van der Waals surface area contributed by atoms with Crippen molar-refractivity contribution in [2.75, 3.05) is 25.2 Å². The topological polar surface area (TPSA) is 76.8 Å². The summed E-state index contributed by atoms with van der Waals surface area (Å²) in [6, 6.07) is 23.1. The number of aromatic nitrogens is 2. The van der Waals surface area contributed by atoms with Gasteiger partial charge >= 0.3 is 0 Å². The van der Waals surface area contributed by atoms with E-state index in [-0.39, 0.29) is 18.4 Å². The van der Waals surface area contributed by atoms with Crippen molar-refractivity contribution in [2.45, 2.75) is 31.9 Å². The van der Waals surface area contributed by atoms with Crippen LogP contribution >= 0.6 is 0 Å². The summed E-state index contributed by atoms with van der Waals surface area (Å²) in [5, 5.41) is 10.8. The third kappa shape index (κ3) is 4.86. The van der Waals surface area contributed by atoms with Gasteiger partial charge in [0, 0.05) is 24.6 Å². The molecular formula is C28H29N3O4.